The van der Waals surface area contributed by atoms with Gasteiger partial charge in [0, 0.05) is 11.8 Å². The number of imidazole rings is 1. The Morgan fingerprint density at radius 1 is 1.00 bits per heavy atom. The second-order valence-electron chi connectivity index (χ2n) is 9.33. The number of carbonyl (C=O) groups is 1. The van der Waals surface area contributed by atoms with Gasteiger partial charge in [-0.3, -0.25) is 14.7 Å². The molecule has 0 unspecified atom stereocenters. The van der Waals surface area contributed by atoms with Gasteiger partial charge in [-0.15, -0.1) is 0 Å². The van der Waals surface area contributed by atoms with Gasteiger partial charge in [0.1, 0.15) is 11.6 Å². The van der Waals surface area contributed by atoms with Crippen LogP contribution >= 0.6 is 0 Å². The Hall–Kier alpha value is -4.54. The number of rotatable bonds is 9. The van der Waals surface area contributed by atoms with Crippen LogP contribution in [-0.2, 0) is 21.4 Å². The van der Waals surface area contributed by atoms with Crippen LogP contribution in [0.2, 0.25) is 0 Å². The maximum Gasteiger partial charge on any atom is 0.243 e. The number of aryl methyl sites for hydroxylation is 2. The van der Waals surface area contributed by atoms with Crippen LogP contribution in [0.25, 0.3) is 16.9 Å². The van der Waals surface area contributed by atoms with Crippen LogP contribution in [0.3, 0.4) is 0 Å². The van der Waals surface area contributed by atoms with Crippen LogP contribution in [-0.4, -0.2) is 34.7 Å². The van der Waals surface area contributed by atoms with Gasteiger partial charge in [-0.25, -0.2) is 17.8 Å². The quantitative estimate of drug-likeness (QED) is 0.250. The minimum absolute atomic E-state index is 0.0560. The van der Waals surface area contributed by atoms with Crippen molar-refractivity contribution in [3.63, 3.8) is 0 Å². The minimum atomic E-state index is -4.06. The molecule has 2 aromatic heterocycles. The monoisotopic (exact) mass is 558 g/mol. The Labute approximate surface area is 231 Å². The summed E-state index contributed by atoms with van der Waals surface area (Å²) in [4.78, 5) is 18.0. The number of halogens is 1. The molecule has 5 rings (SSSR count). The van der Waals surface area contributed by atoms with Crippen LogP contribution in [0, 0.1) is 19.7 Å². The number of sulfonamides is 1. The van der Waals surface area contributed by atoms with E-state index in [0.29, 0.717) is 22.7 Å². The predicted octanol–water partition coefficient (Wildman–Crippen LogP) is 5.72. The van der Waals surface area contributed by atoms with Crippen molar-refractivity contribution < 1.29 is 22.0 Å². The van der Waals surface area contributed by atoms with Gasteiger partial charge < -0.3 is 4.42 Å². The predicted molar refractivity (Wildman–Crippen MR) is 150 cm³/mol. The van der Waals surface area contributed by atoms with Crippen molar-refractivity contribution in [1.82, 2.24) is 13.9 Å². The summed E-state index contributed by atoms with van der Waals surface area (Å²) in [5.74, 6) is -0.524. The zero-order chi connectivity index (χ0) is 28.3. The molecule has 0 saturated carbocycles. The second-order valence-corrected chi connectivity index (χ2v) is 11.3. The molecule has 0 atom stereocenters. The number of aromatic nitrogens is 2. The van der Waals surface area contributed by atoms with Crippen molar-refractivity contribution in [2.24, 2.45) is 0 Å². The zero-order valence-corrected chi connectivity index (χ0v) is 22.7. The van der Waals surface area contributed by atoms with Gasteiger partial charge in [-0.2, -0.15) is 4.31 Å². The first-order valence-corrected chi connectivity index (χ1v) is 13.9. The standard InChI is InChI=1S/C30H27FN4O4S/c1-21-10-14-26(15-11-21)40(37,38)34(18-25-9-6-16-39-25)20-29(36)33-30-32-28(23-7-4-3-5-8-23)19-35(30)24-13-12-22(2)27(31)17-24/h3-17,19H,18,20H2,1-2H3,(H,32,33,36). The Morgan fingerprint density at radius 2 is 1.75 bits per heavy atom. The summed E-state index contributed by atoms with van der Waals surface area (Å²) in [7, 11) is -4.06. The number of amides is 1. The lowest BCUT2D eigenvalue weighted by Crippen LogP contribution is -2.37. The van der Waals surface area contributed by atoms with E-state index in [1.807, 2.05) is 37.3 Å². The molecular formula is C30H27FN4O4S. The molecule has 1 amide bonds. The molecule has 8 nitrogen and oxygen atoms in total. The molecular weight excluding hydrogens is 531 g/mol. The van der Waals surface area contributed by atoms with E-state index < -0.39 is 28.3 Å². The van der Waals surface area contributed by atoms with E-state index in [4.69, 9.17) is 4.42 Å². The lowest BCUT2D eigenvalue weighted by molar-refractivity contribution is -0.116. The molecule has 3 aromatic carbocycles. The summed E-state index contributed by atoms with van der Waals surface area (Å²) in [6, 6.07) is 23.7. The molecule has 0 spiro atoms. The maximum absolute atomic E-state index is 14.5. The lowest BCUT2D eigenvalue weighted by Gasteiger charge is -2.21. The number of hydrogen-bond acceptors (Lipinski definition) is 5. The van der Waals surface area contributed by atoms with Gasteiger partial charge in [-0.1, -0.05) is 54.1 Å². The van der Waals surface area contributed by atoms with E-state index in [9.17, 15) is 17.6 Å². The first-order chi connectivity index (χ1) is 19.2. The van der Waals surface area contributed by atoms with Crippen LogP contribution in [0.1, 0.15) is 16.9 Å². The van der Waals surface area contributed by atoms with Crippen molar-refractivity contribution in [1.29, 1.82) is 0 Å². The van der Waals surface area contributed by atoms with E-state index in [1.54, 1.807) is 54.1 Å². The molecule has 0 aliphatic carbocycles. The molecule has 5 aromatic rings. The summed E-state index contributed by atoms with van der Waals surface area (Å²) in [5.41, 5.74) is 3.19. The Morgan fingerprint density at radius 3 is 2.42 bits per heavy atom. The highest BCUT2D eigenvalue weighted by Gasteiger charge is 2.28. The normalized spacial score (nSPS) is 11.6. The second kappa shape index (κ2) is 11.3. The van der Waals surface area contributed by atoms with Crippen LogP contribution in [0.4, 0.5) is 10.3 Å². The number of nitrogens with zero attached hydrogens (tertiary/aromatic N) is 3. The average Bonchev–Trinajstić information content (AvgIpc) is 3.61. The van der Waals surface area contributed by atoms with E-state index in [1.165, 1.54) is 24.5 Å². The van der Waals surface area contributed by atoms with Gasteiger partial charge in [0.2, 0.25) is 21.9 Å². The van der Waals surface area contributed by atoms with Gasteiger partial charge in [0.15, 0.2) is 0 Å². The number of hydrogen-bond donors (Lipinski definition) is 1. The third kappa shape index (κ3) is 5.88. The molecule has 40 heavy (non-hydrogen) atoms. The van der Waals surface area contributed by atoms with Crippen molar-refractivity contribution in [2.75, 3.05) is 11.9 Å². The topological polar surface area (TPSA) is 97.4 Å². The van der Waals surface area contributed by atoms with Crippen molar-refractivity contribution >= 4 is 21.9 Å². The third-order valence-corrected chi connectivity index (χ3v) is 8.16. The molecule has 0 aliphatic rings. The molecule has 10 heteroatoms. The Balaban J connectivity index is 1.47. The van der Waals surface area contributed by atoms with Crippen molar-refractivity contribution in [3.05, 3.63) is 120 Å². The van der Waals surface area contributed by atoms with Crippen LogP contribution in [0.15, 0.2) is 107 Å². The largest absolute Gasteiger partial charge is 0.468 e. The van der Waals surface area contributed by atoms with Gasteiger partial charge in [0.25, 0.3) is 0 Å². The average molecular weight is 559 g/mol. The van der Waals surface area contributed by atoms with Gasteiger partial charge in [-0.05, 0) is 55.8 Å². The number of benzene rings is 3. The maximum atomic E-state index is 14.5. The lowest BCUT2D eigenvalue weighted by atomic mass is 10.2. The smallest absolute Gasteiger partial charge is 0.243 e. The Kier molecular flexibility index (Phi) is 7.63. The minimum Gasteiger partial charge on any atom is -0.468 e. The first-order valence-electron chi connectivity index (χ1n) is 12.5. The Bertz CT molecular complexity index is 1730. The fourth-order valence-corrected chi connectivity index (χ4v) is 5.49. The van der Waals surface area contributed by atoms with E-state index in [0.717, 1.165) is 15.4 Å². The molecule has 0 radical (unpaired) electrons. The molecule has 0 aliphatic heterocycles. The third-order valence-electron chi connectivity index (χ3n) is 6.35. The summed E-state index contributed by atoms with van der Waals surface area (Å²) in [6.07, 6.45) is 3.13. The van der Waals surface area contributed by atoms with Crippen LogP contribution in [0.5, 0.6) is 0 Å². The fourth-order valence-electron chi connectivity index (χ4n) is 4.13. The molecule has 1 N–H and O–H groups in total. The molecule has 2 heterocycles. The highest BCUT2D eigenvalue weighted by atomic mass is 32.2. The summed E-state index contributed by atoms with van der Waals surface area (Å²) >= 11 is 0. The number of nitrogens with one attached hydrogen (secondary N) is 1. The van der Waals surface area contributed by atoms with Crippen molar-refractivity contribution in [3.8, 4) is 16.9 Å². The summed E-state index contributed by atoms with van der Waals surface area (Å²) < 4.78 is 49.5. The zero-order valence-electron chi connectivity index (χ0n) is 21.9. The SMILES string of the molecule is Cc1ccc(S(=O)(=O)N(CC(=O)Nc2nc(-c3ccccc3)cn2-c2ccc(C)c(F)c2)Cc2ccco2)cc1. The fraction of sp³-hybridized carbons (Fsp3) is 0.133. The van der Waals surface area contributed by atoms with E-state index in [-0.39, 0.29) is 17.4 Å². The molecule has 0 fully saturated rings. The number of anilines is 1. The summed E-state index contributed by atoms with van der Waals surface area (Å²) in [6.45, 7) is 2.86. The van der Waals surface area contributed by atoms with Crippen LogP contribution < -0.4 is 5.32 Å². The van der Waals surface area contributed by atoms with Gasteiger partial charge >= 0.3 is 0 Å². The molecule has 204 valence electrons. The number of furan rings is 1. The van der Waals surface area contributed by atoms with Gasteiger partial charge in [0.05, 0.1) is 35.6 Å². The number of carbonyl (C=O) groups excluding carboxylic acids is 1. The highest BCUT2D eigenvalue weighted by Crippen LogP contribution is 2.26. The van der Waals surface area contributed by atoms with E-state index in [2.05, 4.69) is 10.3 Å². The van der Waals surface area contributed by atoms with E-state index >= 15 is 0 Å². The first kappa shape index (κ1) is 27.0. The van der Waals surface area contributed by atoms with Crippen molar-refractivity contribution in [2.45, 2.75) is 25.3 Å². The molecule has 0 bridgehead atoms. The highest BCUT2D eigenvalue weighted by molar-refractivity contribution is 7.89. The summed E-state index contributed by atoms with van der Waals surface area (Å²) in [5, 5.41) is 2.73. The molecule has 0 saturated heterocycles.